The van der Waals surface area contributed by atoms with Crippen molar-refractivity contribution in [3.8, 4) is 17.2 Å². The van der Waals surface area contributed by atoms with Crippen LogP contribution in [0.25, 0.3) is 0 Å². The molecule has 0 amide bonds. The predicted molar refractivity (Wildman–Crippen MR) is 152 cm³/mol. The number of carbonyl (C=O) groups is 1. The first-order valence-corrected chi connectivity index (χ1v) is 15.3. The van der Waals surface area contributed by atoms with E-state index in [9.17, 15) is 9.18 Å². The third-order valence-corrected chi connectivity index (χ3v) is 10.5. The predicted octanol–water partition coefficient (Wildman–Crippen LogP) is 6.35. The summed E-state index contributed by atoms with van der Waals surface area (Å²) in [5.41, 5.74) is 2.85. The highest BCUT2D eigenvalue weighted by Crippen LogP contribution is 2.54. The highest BCUT2D eigenvalue weighted by molar-refractivity contribution is 5.76. The van der Waals surface area contributed by atoms with E-state index >= 15 is 0 Å². The van der Waals surface area contributed by atoms with Gasteiger partial charge >= 0.3 is 5.97 Å². The summed E-state index contributed by atoms with van der Waals surface area (Å²) in [7, 11) is 0. The molecule has 2 aliphatic carbocycles. The summed E-state index contributed by atoms with van der Waals surface area (Å²) >= 11 is 0. The van der Waals surface area contributed by atoms with Crippen molar-refractivity contribution in [2.24, 2.45) is 29.1 Å². The summed E-state index contributed by atoms with van der Waals surface area (Å²) in [5, 5.41) is 0. The van der Waals surface area contributed by atoms with Crippen molar-refractivity contribution in [2.45, 2.75) is 58.0 Å². The average Bonchev–Trinajstić information content (AvgIpc) is 3.54. The van der Waals surface area contributed by atoms with Gasteiger partial charge in [0.05, 0.1) is 12.5 Å². The molecule has 6 nitrogen and oxygen atoms in total. The normalized spacial score (nSPS) is 34.4. The van der Waals surface area contributed by atoms with Gasteiger partial charge in [-0.1, -0.05) is 44.1 Å². The Morgan fingerprint density at radius 2 is 1.93 bits per heavy atom. The number of nitrogens with zero attached hydrogens (tertiary/aromatic N) is 1. The van der Waals surface area contributed by atoms with Gasteiger partial charge in [-0.15, -0.1) is 0 Å². The van der Waals surface area contributed by atoms with Gasteiger partial charge in [-0.25, -0.2) is 4.39 Å². The summed E-state index contributed by atoms with van der Waals surface area (Å²) in [6.07, 6.45) is 7.99. The molecule has 2 aromatic rings. The van der Waals surface area contributed by atoms with Crippen molar-refractivity contribution in [1.29, 1.82) is 0 Å². The number of esters is 1. The molecule has 0 spiro atoms. The SMILES string of the molecule is CC1CCCC2(C)CC3OC(=O)C(CN4CCC(c5ccc(F)cc5)C(COc5ccc6c(c5)OCO6)C4)C3C=C12. The lowest BCUT2D eigenvalue weighted by molar-refractivity contribution is -0.145. The van der Waals surface area contributed by atoms with Gasteiger partial charge in [-0.2, -0.15) is 0 Å². The fourth-order valence-corrected chi connectivity index (χ4v) is 8.30. The molecule has 3 heterocycles. The van der Waals surface area contributed by atoms with Crippen molar-refractivity contribution in [1.82, 2.24) is 4.90 Å². The van der Waals surface area contributed by atoms with E-state index in [1.165, 1.54) is 19.3 Å². The maximum absolute atomic E-state index is 13.7. The number of halogens is 1. The Bertz CT molecular complexity index is 1330. The zero-order valence-electron chi connectivity index (χ0n) is 24.0. The number of rotatable bonds is 6. The van der Waals surface area contributed by atoms with Crippen LogP contribution in [0.1, 0.15) is 57.4 Å². The van der Waals surface area contributed by atoms with Gasteiger partial charge in [0.15, 0.2) is 11.5 Å². The Kier molecular flexibility index (Phi) is 6.96. The maximum atomic E-state index is 13.7. The van der Waals surface area contributed by atoms with E-state index in [0.29, 0.717) is 24.8 Å². The zero-order valence-corrected chi connectivity index (χ0v) is 24.0. The van der Waals surface area contributed by atoms with Gasteiger partial charge in [0.25, 0.3) is 0 Å². The maximum Gasteiger partial charge on any atom is 0.311 e. The summed E-state index contributed by atoms with van der Waals surface area (Å²) in [6.45, 7) is 7.85. The Labute approximate surface area is 241 Å². The number of hydrogen-bond donors (Lipinski definition) is 0. The van der Waals surface area contributed by atoms with Crippen molar-refractivity contribution in [3.63, 3.8) is 0 Å². The van der Waals surface area contributed by atoms with Crippen LogP contribution in [-0.4, -0.2) is 50.0 Å². The zero-order chi connectivity index (χ0) is 28.1. The lowest BCUT2D eigenvalue weighted by Crippen LogP contribution is -2.46. The van der Waals surface area contributed by atoms with Crippen molar-refractivity contribution < 1.29 is 28.1 Å². The van der Waals surface area contributed by atoms with Gasteiger partial charge in [-0.3, -0.25) is 4.79 Å². The first kappa shape index (κ1) is 26.8. The van der Waals surface area contributed by atoms with E-state index in [-0.39, 0.29) is 53.8 Å². The summed E-state index contributed by atoms with van der Waals surface area (Å²) in [4.78, 5) is 15.7. The van der Waals surface area contributed by atoms with Crippen LogP contribution in [0.5, 0.6) is 17.2 Å². The van der Waals surface area contributed by atoms with Crippen molar-refractivity contribution in [2.75, 3.05) is 33.0 Å². The van der Waals surface area contributed by atoms with Crippen LogP contribution in [0, 0.1) is 34.9 Å². The van der Waals surface area contributed by atoms with Crippen molar-refractivity contribution >= 4 is 5.97 Å². The fourth-order valence-electron chi connectivity index (χ4n) is 8.30. The number of carbonyl (C=O) groups excluding carboxylic acids is 1. The molecule has 0 aromatic heterocycles. The number of ether oxygens (including phenoxy) is 4. The molecule has 2 saturated heterocycles. The molecule has 7 unspecified atom stereocenters. The molecule has 218 valence electrons. The molecular weight excluding hydrogens is 521 g/mol. The number of benzene rings is 2. The fraction of sp³-hybridized carbons (Fsp3) is 0.559. The van der Waals surface area contributed by atoms with Crippen LogP contribution >= 0.6 is 0 Å². The van der Waals surface area contributed by atoms with Gasteiger partial charge in [0.2, 0.25) is 6.79 Å². The Morgan fingerprint density at radius 1 is 1.10 bits per heavy atom. The molecule has 5 aliphatic rings. The van der Waals surface area contributed by atoms with Crippen molar-refractivity contribution in [3.05, 3.63) is 65.5 Å². The smallest absolute Gasteiger partial charge is 0.311 e. The minimum absolute atomic E-state index is 0.00607. The Hall–Kier alpha value is -3.06. The third kappa shape index (κ3) is 5.11. The molecule has 0 bridgehead atoms. The molecule has 1 saturated carbocycles. The molecule has 0 N–H and O–H groups in total. The standard InChI is InChI=1S/C34H40FNO5/c1-21-4-3-12-34(2)16-32-27(15-29(21)34)28(33(37)41-32)18-36-13-11-26(22-5-7-24(35)8-6-22)23(17-36)19-38-25-9-10-30-31(14-25)40-20-39-30/h5-10,14-15,21,23,26-28,32H,3-4,11-13,16-20H2,1-2H3. The van der Waals surface area contributed by atoms with Crippen LogP contribution in [0.4, 0.5) is 4.39 Å². The molecule has 3 aliphatic heterocycles. The Balaban J connectivity index is 1.08. The van der Waals surface area contributed by atoms with E-state index in [0.717, 1.165) is 43.0 Å². The van der Waals surface area contributed by atoms with E-state index in [2.05, 4.69) is 24.8 Å². The summed E-state index contributed by atoms with van der Waals surface area (Å²) in [5.74, 6) is 2.92. The summed E-state index contributed by atoms with van der Waals surface area (Å²) < 4.78 is 37.1. The molecule has 41 heavy (non-hydrogen) atoms. The van der Waals surface area contributed by atoms with E-state index in [1.807, 2.05) is 30.3 Å². The number of piperidine rings is 1. The number of allylic oxidation sites excluding steroid dienone is 1. The molecule has 2 aromatic carbocycles. The molecule has 0 radical (unpaired) electrons. The van der Waals surface area contributed by atoms with Crippen LogP contribution < -0.4 is 14.2 Å². The number of fused-ring (bicyclic) bond motifs is 3. The highest BCUT2D eigenvalue weighted by atomic mass is 19.1. The van der Waals surface area contributed by atoms with Crippen LogP contribution in [0.3, 0.4) is 0 Å². The molecular formula is C34H40FNO5. The van der Waals surface area contributed by atoms with Gasteiger partial charge in [0, 0.05) is 31.0 Å². The van der Waals surface area contributed by atoms with Crippen LogP contribution in [0.15, 0.2) is 54.1 Å². The second-order valence-corrected chi connectivity index (χ2v) is 13.1. The van der Waals surface area contributed by atoms with Gasteiger partial charge < -0.3 is 23.8 Å². The molecule has 7 rings (SSSR count). The molecule has 7 atom stereocenters. The highest BCUT2D eigenvalue weighted by Gasteiger charge is 2.52. The first-order valence-electron chi connectivity index (χ1n) is 15.3. The van der Waals surface area contributed by atoms with Crippen LogP contribution in [-0.2, 0) is 9.53 Å². The second kappa shape index (κ2) is 10.6. The second-order valence-electron chi connectivity index (χ2n) is 13.1. The minimum Gasteiger partial charge on any atom is -0.493 e. The van der Waals surface area contributed by atoms with E-state index in [1.54, 1.807) is 17.7 Å². The first-order chi connectivity index (χ1) is 19.9. The lowest BCUT2D eigenvalue weighted by atomic mass is 9.59. The van der Waals surface area contributed by atoms with Gasteiger partial charge in [0.1, 0.15) is 17.7 Å². The molecule has 3 fully saturated rings. The number of likely N-dealkylation sites (tertiary alicyclic amines) is 1. The monoisotopic (exact) mass is 561 g/mol. The summed E-state index contributed by atoms with van der Waals surface area (Å²) in [6, 6.07) is 12.6. The van der Waals surface area contributed by atoms with Crippen LogP contribution in [0.2, 0.25) is 0 Å². The quantitative estimate of drug-likeness (QED) is 0.303. The Morgan fingerprint density at radius 3 is 2.78 bits per heavy atom. The lowest BCUT2D eigenvalue weighted by Gasteiger charge is -2.46. The number of hydrogen-bond acceptors (Lipinski definition) is 6. The van der Waals surface area contributed by atoms with E-state index < -0.39 is 0 Å². The molecule has 7 heteroatoms. The topological polar surface area (TPSA) is 57.2 Å². The largest absolute Gasteiger partial charge is 0.493 e. The van der Waals surface area contributed by atoms with Gasteiger partial charge in [-0.05, 0) is 79.3 Å². The average molecular weight is 562 g/mol. The van der Waals surface area contributed by atoms with E-state index in [4.69, 9.17) is 18.9 Å². The minimum atomic E-state index is -0.223. The third-order valence-electron chi connectivity index (χ3n) is 10.5.